The number of nitrogens with two attached hydrogens (primary N) is 1. The Hall–Kier alpha value is -1.28. The molecule has 2 heteroatoms. The molecule has 2 rings (SSSR count). The number of hydrogen-bond acceptors (Lipinski definition) is 1. The van der Waals surface area contributed by atoms with Gasteiger partial charge in [-0.3, -0.25) is 0 Å². The fourth-order valence-corrected chi connectivity index (χ4v) is 2.35. The zero-order valence-electron chi connectivity index (χ0n) is 10.5. The standard InChI is InChI=1S/C14H20N2/c1-9(2)16-8-10(3)14-12(11(4)15)6-5-7-13(14)16/h5-9,11H,15H2,1-4H3. The van der Waals surface area contributed by atoms with Gasteiger partial charge in [0, 0.05) is 29.2 Å². The Morgan fingerprint density at radius 2 is 1.88 bits per heavy atom. The lowest BCUT2D eigenvalue weighted by molar-refractivity contribution is 0.622. The molecule has 1 aromatic heterocycles. The highest BCUT2D eigenvalue weighted by Gasteiger charge is 2.12. The van der Waals surface area contributed by atoms with Crippen LogP contribution < -0.4 is 5.73 Å². The van der Waals surface area contributed by atoms with Crippen molar-refractivity contribution in [3.8, 4) is 0 Å². The van der Waals surface area contributed by atoms with E-state index in [9.17, 15) is 0 Å². The molecule has 1 aromatic carbocycles. The molecule has 1 unspecified atom stereocenters. The van der Waals surface area contributed by atoms with Gasteiger partial charge in [-0.05, 0) is 44.9 Å². The van der Waals surface area contributed by atoms with Gasteiger partial charge in [0.2, 0.25) is 0 Å². The van der Waals surface area contributed by atoms with Crippen molar-refractivity contribution in [3.05, 3.63) is 35.5 Å². The highest BCUT2D eigenvalue weighted by Crippen LogP contribution is 2.29. The van der Waals surface area contributed by atoms with E-state index in [4.69, 9.17) is 5.73 Å². The SMILES string of the molecule is Cc1cn(C(C)C)c2cccc(C(C)N)c12. The molecule has 86 valence electrons. The Labute approximate surface area is 97.1 Å². The highest BCUT2D eigenvalue weighted by atomic mass is 15.0. The Kier molecular flexibility index (Phi) is 2.76. The van der Waals surface area contributed by atoms with E-state index in [1.165, 1.54) is 22.0 Å². The molecule has 0 aliphatic carbocycles. The minimum Gasteiger partial charge on any atom is -0.345 e. The number of fused-ring (bicyclic) bond motifs is 1. The summed E-state index contributed by atoms with van der Waals surface area (Å²) in [5.74, 6) is 0. The van der Waals surface area contributed by atoms with E-state index in [2.05, 4.69) is 49.7 Å². The average Bonchev–Trinajstić information content (AvgIpc) is 2.56. The molecule has 1 atom stereocenters. The van der Waals surface area contributed by atoms with Gasteiger partial charge >= 0.3 is 0 Å². The Balaban J connectivity index is 2.79. The fraction of sp³-hybridized carbons (Fsp3) is 0.429. The summed E-state index contributed by atoms with van der Waals surface area (Å²) in [6.45, 7) is 8.61. The fourth-order valence-electron chi connectivity index (χ4n) is 2.35. The van der Waals surface area contributed by atoms with Crippen LogP contribution in [0.2, 0.25) is 0 Å². The molecule has 2 aromatic rings. The van der Waals surface area contributed by atoms with Crippen LogP contribution in [0.15, 0.2) is 24.4 Å². The minimum absolute atomic E-state index is 0.0883. The minimum atomic E-state index is 0.0883. The number of hydrogen-bond donors (Lipinski definition) is 1. The van der Waals surface area contributed by atoms with Crippen molar-refractivity contribution in [2.24, 2.45) is 5.73 Å². The highest BCUT2D eigenvalue weighted by molar-refractivity contribution is 5.87. The first kappa shape index (κ1) is 11.2. The maximum Gasteiger partial charge on any atom is 0.0488 e. The molecule has 0 aliphatic heterocycles. The zero-order valence-corrected chi connectivity index (χ0v) is 10.5. The van der Waals surface area contributed by atoms with Gasteiger partial charge in [0.05, 0.1) is 0 Å². The maximum absolute atomic E-state index is 6.02. The van der Waals surface area contributed by atoms with Gasteiger partial charge in [-0.25, -0.2) is 0 Å². The molecule has 2 N–H and O–H groups in total. The molecule has 0 amide bonds. The van der Waals surface area contributed by atoms with Crippen LogP contribution in [0.4, 0.5) is 0 Å². The van der Waals surface area contributed by atoms with Crippen LogP contribution in [-0.2, 0) is 0 Å². The van der Waals surface area contributed by atoms with Crippen LogP contribution in [-0.4, -0.2) is 4.57 Å². The first-order valence-electron chi connectivity index (χ1n) is 5.88. The molecular formula is C14H20N2. The second kappa shape index (κ2) is 3.95. The predicted octanol–water partition coefficient (Wildman–Crippen LogP) is 3.55. The lowest BCUT2D eigenvalue weighted by Crippen LogP contribution is -2.05. The van der Waals surface area contributed by atoms with Gasteiger partial charge in [0.1, 0.15) is 0 Å². The molecule has 16 heavy (non-hydrogen) atoms. The maximum atomic E-state index is 6.02. The summed E-state index contributed by atoms with van der Waals surface area (Å²) < 4.78 is 2.32. The van der Waals surface area contributed by atoms with Crippen molar-refractivity contribution in [1.29, 1.82) is 0 Å². The third-order valence-electron chi connectivity index (χ3n) is 3.13. The van der Waals surface area contributed by atoms with Gasteiger partial charge in [0.15, 0.2) is 0 Å². The molecule has 2 nitrogen and oxygen atoms in total. The summed E-state index contributed by atoms with van der Waals surface area (Å²) in [5.41, 5.74) is 9.88. The number of aryl methyl sites for hydroxylation is 1. The number of aromatic nitrogens is 1. The van der Waals surface area contributed by atoms with Crippen molar-refractivity contribution in [3.63, 3.8) is 0 Å². The molecule has 0 saturated heterocycles. The van der Waals surface area contributed by atoms with Gasteiger partial charge in [-0.2, -0.15) is 0 Å². The van der Waals surface area contributed by atoms with E-state index in [0.29, 0.717) is 6.04 Å². The normalized spacial score (nSPS) is 13.6. The quantitative estimate of drug-likeness (QED) is 0.817. The summed E-state index contributed by atoms with van der Waals surface area (Å²) in [6.07, 6.45) is 2.22. The number of nitrogens with zero attached hydrogens (tertiary/aromatic N) is 1. The Morgan fingerprint density at radius 3 is 2.44 bits per heavy atom. The Morgan fingerprint density at radius 1 is 1.19 bits per heavy atom. The predicted molar refractivity (Wildman–Crippen MR) is 69.7 cm³/mol. The van der Waals surface area contributed by atoms with E-state index in [1.807, 2.05) is 6.92 Å². The van der Waals surface area contributed by atoms with Crippen LogP contribution in [0.1, 0.15) is 44.0 Å². The topological polar surface area (TPSA) is 30.9 Å². The average molecular weight is 216 g/mol. The van der Waals surface area contributed by atoms with Gasteiger partial charge < -0.3 is 10.3 Å². The van der Waals surface area contributed by atoms with Gasteiger partial charge in [-0.15, -0.1) is 0 Å². The third-order valence-corrected chi connectivity index (χ3v) is 3.13. The van der Waals surface area contributed by atoms with E-state index in [1.54, 1.807) is 0 Å². The molecule has 1 heterocycles. The molecule has 0 fully saturated rings. The van der Waals surface area contributed by atoms with Crippen molar-refractivity contribution < 1.29 is 0 Å². The monoisotopic (exact) mass is 216 g/mol. The van der Waals surface area contributed by atoms with E-state index < -0.39 is 0 Å². The van der Waals surface area contributed by atoms with Crippen LogP contribution in [0.5, 0.6) is 0 Å². The van der Waals surface area contributed by atoms with E-state index in [0.717, 1.165) is 0 Å². The lowest BCUT2D eigenvalue weighted by atomic mass is 10.0. The van der Waals surface area contributed by atoms with Crippen LogP contribution in [0, 0.1) is 6.92 Å². The van der Waals surface area contributed by atoms with Crippen LogP contribution in [0.25, 0.3) is 10.9 Å². The van der Waals surface area contributed by atoms with Gasteiger partial charge in [0.25, 0.3) is 0 Å². The summed E-state index contributed by atoms with van der Waals surface area (Å²) in [4.78, 5) is 0. The second-order valence-electron chi connectivity index (χ2n) is 4.84. The molecule has 0 aliphatic rings. The molecule has 0 saturated carbocycles. The Bertz CT molecular complexity index is 507. The van der Waals surface area contributed by atoms with Crippen molar-refractivity contribution in [2.45, 2.75) is 39.8 Å². The largest absolute Gasteiger partial charge is 0.345 e. The second-order valence-corrected chi connectivity index (χ2v) is 4.84. The van der Waals surface area contributed by atoms with E-state index in [-0.39, 0.29) is 6.04 Å². The van der Waals surface area contributed by atoms with Crippen molar-refractivity contribution in [1.82, 2.24) is 4.57 Å². The number of rotatable bonds is 2. The lowest BCUT2D eigenvalue weighted by Gasteiger charge is -2.11. The smallest absolute Gasteiger partial charge is 0.0488 e. The summed E-state index contributed by atoms with van der Waals surface area (Å²) in [7, 11) is 0. The van der Waals surface area contributed by atoms with Crippen LogP contribution in [0.3, 0.4) is 0 Å². The first-order chi connectivity index (χ1) is 7.52. The molecular weight excluding hydrogens is 196 g/mol. The first-order valence-corrected chi connectivity index (χ1v) is 5.88. The summed E-state index contributed by atoms with van der Waals surface area (Å²) in [6, 6.07) is 6.98. The third kappa shape index (κ3) is 1.63. The number of benzene rings is 1. The summed E-state index contributed by atoms with van der Waals surface area (Å²) >= 11 is 0. The van der Waals surface area contributed by atoms with E-state index >= 15 is 0 Å². The van der Waals surface area contributed by atoms with Gasteiger partial charge in [-0.1, -0.05) is 12.1 Å². The molecule has 0 spiro atoms. The van der Waals surface area contributed by atoms with Crippen molar-refractivity contribution >= 4 is 10.9 Å². The zero-order chi connectivity index (χ0) is 11.9. The van der Waals surface area contributed by atoms with Crippen molar-refractivity contribution in [2.75, 3.05) is 0 Å². The summed E-state index contributed by atoms with van der Waals surface area (Å²) in [5, 5.41) is 1.33. The van der Waals surface area contributed by atoms with Crippen LogP contribution >= 0.6 is 0 Å². The molecule has 0 radical (unpaired) electrons. The molecule has 0 bridgehead atoms.